The van der Waals surface area contributed by atoms with Crippen molar-refractivity contribution in [3.63, 3.8) is 0 Å². The highest BCUT2D eigenvalue weighted by Gasteiger charge is 2.09. The van der Waals surface area contributed by atoms with E-state index in [4.69, 9.17) is 12.2 Å². The van der Waals surface area contributed by atoms with Gasteiger partial charge in [0.2, 0.25) is 0 Å². The number of aromatic amines is 1. The predicted molar refractivity (Wildman–Crippen MR) is 84.7 cm³/mol. The Morgan fingerprint density at radius 3 is 3.00 bits per heavy atom. The molecule has 0 aliphatic rings. The van der Waals surface area contributed by atoms with Crippen molar-refractivity contribution in [1.82, 2.24) is 10.3 Å². The van der Waals surface area contributed by atoms with Crippen molar-refractivity contribution in [2.75, 3.05) is 6.54 Å². The first-order valence-electron chi connectivity index (χ1n) is 6.29. The van der Waals surface area contributed by atoms with Gasteiger partial charge in [-0.1, -0.05) is 19.1 Å². The number of rotatable bonds is 3. The molecule has 0 saturated heterocycles. The number of aliphatic imine (C=N–C) groups is 1. The van der Waals surface area contributed by atoms with E-state index in [2.05, 4.69) is 15.3 Å². The number of hydrogen-bond donors (Lipinski definition) is 3. The van der Waals surface area contributed by atoms with Crippen LogP contribution in [0.25, 0.3) is 10.9 Å². The molecule has 5 nitrogen and oxygen atoms in total. The van der Waals surface area contributed by atoms with Gasteiger partial charge in [-0.25, -0.2) is 4.99 Å². The third-order valence-electron chi connectivity index (χ3n) is 2.77. The second-order valence-corrected chi connectivity index (χ2v) is 4.64. The van der Waals surface area contributed by atoms with Gasteiger partial charge in [0, 0.05) is 18.1 Å². The van der Waals surface area contributed by atoms with Crippen molar-refractivity contribution >= 4 is 34.4 Å². The molecular formula is C14H15N3O2S. The van der Waals surface area contributed by atoms with Crippen LogP contribution in [-0.2, 0) is 0 Å². The summed E-state index contributed by atoms with van der Waals surface area (Å²) in [6.45, 7) is 2.73. The van der Waals surface area contributed by atoms with E-state index in [9.17, 15) is 9.90 Å². The van der Waals surface area contributed by atoms with E-state index in [-0.39, 0.29) is 11.3 Å². The number of fused-ring (bicyclic) bond motifs is 1. The predicted octanol–water partition coefficient (Wildman–Crippen LogP) is 1.94. The zero-order chi connectivity index (χ0) is 14.5. The van der Waals surface area contributed by atoms with Crippen LogP contribution in [0.5, 0.6) is 5.75 Å². The van der Waals surface area contributed by atoms with E-state index in [0.29, 0.717) is 16.0 Å². The van der Waals surface area contributed by atoms with Gasteiger partial charge in [-0.3, -0.25) is 4.79 Å². The van der Waals surface area contributed by atoms with Crippen LogP contribution in [0.1, 0.15) is 18.9 Å². The van der Waals surface area contributed by atoms with Crippen LogP contribution in [0.3, 0.4) is 0 Å². The van der Waals surface area contributed by atoms with Gasteiger partial charge in [-0.2, -0.15) is 0 Å². The number of nitrogens with one attached hydrogen (secondary N) is 2. The van der Waals surface area contributed by atoms with E-state index in [1.807, 2.05) is 6.92 Å². The molecule has 0 bridgehead atoms. The fourth-order valence-electron chi connectivity index (χ4n) is 1.76. The molecule has 1 aromatic carbocycles. The summed E-state index contributed by atoms with van der Waals surface area (Å²) in [5, 5.41) is 13.9. The lowest BCUT2D eigenvalue weighted by Crippen LogP contribution is -2.21. The molecule has 0 aliphatic carbocycles. The number of aromatic nitrogens is 1. The summed E-state index contributed by atoms with van der Waals surface area (Å²) < 4.78 is 0. The number of nitrogens with zero attached hydrogens (tertiary/aromatic N) is 1. The number of H-pyrrole nitrogens is 1. The maximum absolute atomic E-state index is 11.9. The summed E-state index contributed by atoms with van der Waals surface area (Å²) in [6.07, 6.45) is 2.21. The zero-order valence-electron chi connectivity index (χ0n) is 11.0. The lowest BCUT2D eigenvalue weighted by molar-refractivity contribution is 0.479. The van der Waals surface area contributed by atoms with Crippen LogP contribution in [-0.4, -0.2) is 28.0 Å². The Kier molecular flexibility index (Phi) is 4.47. The number of hydrogen-bond acceptors (Lipinski definition) is 3. The average Bonchev–Trinajstić information content (AvgIpc) is 2.45. The Hall–Kier alpha value is -2.21. The first kappa shape index (κ1) is 14.2. The molecule has 2 rings (SSSR count). The molecule has 0 amide bonds. The Bertz CT molecular complexity index is 722. The van der Waals surface area contributed by atoms with E-state index in [1.165, 1.54) is 6.21 Å². The number of benzene rings is 1. The minimum absolute atomic E-state index is 0.0913. The monoisotopic (exact) mass is 289 g/mol. The molecule has 3 N–H and O–H groups in total. The molecule has 0 saturated carbocycles. The fourth-order valence-corrected chi connectivity index (χ4v) is 1.92. The van der Waals surface area contributed by atoms with Crippen molar-refractivity contribution in [2.24, 2.45) is 4.99 Å². The van der Waals surface area contributed by atoms with E-state index in [0.717, 1.165) is 13.0 Å². The third-order valence-corrected chi connectivity index (χ3v) is 3.02. The highest BCUT2D eigenvalue weighted by molar-refractivity contribution is 7.80. The summed E-state index contributed by atoms with van der Waals surface area (Å²) in [5.74, 6) is -0.0913. The van der Waals surface area contributed by atoms with Gasteiger partial charge in [-0.05, 0) is 30.8 Å². The standard InChI is InChI=1S/C14H15N3O2S/c1-2-7-15-14(20)16-8-10-12(18)9-5-3-4-6-11(9)17-13(10)19/h3-6,8H,2,7H2,1H3,(H,15,20)(H2,17,18,19)/b16-8+. The average molecular weight is 289 g/mol. The molecule has 0 unspecified atom stereocenters. The maximum Gasteiger partial charge on any atom is 0.261 e. The summed E-state index contributed by atoms with van der Waals surface area (Å²) >= 11 is 5.00. The van der Waals surface area contributed by atoms with Gasteiger partial charge >= 0.3 is 0 Å². The minimum atomic E-state index is -0.400. The van der Waals surface area contributed by atoms with Crippen LogP contribution < -0.4 is 10.9 Å². The smallest absolute Gasteiger partial charge is 0.261 e. The number of aromatic hydroxyl groups is 1. The highest BCUT2D eigenvalue weighted by atomic mass is 32.1. The van der Waals surface area contributed by atoms with Gasteiger partial charge < -0.3 is 15.4 Å². The molecule has 0 aliphatic heterocycles. The van der Waals surface area contributed by atoms with E-state index < -0.39 is 5.56 Å². The van der Waals surface area contributed by atoms with Gasteiger partial charge in [0.25, 0.3) is 5.56 Å². The Morgan fingerprint density at radius 1 is 1.50 bits per heavy atom. The second kappa shape index (κ2) is 6.29. The molecule has 6 heteroatoms. The lowest BCUT2D eigenvalue weighted by Gasteiger charge is -2.04. The van der Waals surface area contributed by atoms with Crippen LogP contribution >= 0.6 is 12.2 Å². The summed E-state index contributed by atoms with van der Waals surface area (Å²) in [5.41, 5.74) is 0.284. The first-order valence-corrected chi connectivity index (χ1v) is 6.70. The molecule has 0 radical (unpaired) electrons. The van der Waals surface area contributed by atoms with Gasteiger partial charge in [-0.15, -0.1) is 0 Å². The molecule has 20 heavy (non-hydrogen) atoms. The molecule has 104 valence electrons. The fraction of sp³-hybridized carbons (Fsp3) is 0.214. The van der Waals surface area contributed by atoms with E-state index >= 15 is 0 Å². The largest absolute Gasteiger partial charge is 0.506 e. The summed E-state index contributed by atoms with van der Waals surface area (Å²) in [4.78, 5) is 18.6. The van der Waals surface area contributed by atoms with Crippen molar-refractivity contribution in [1.29, 1.82) is 0 Å². The summed E-state index contributed by atoms with van der Waals surface area (Å²) in [7, 11) is 0. The molecule has 1 heterocycles. The normalized spacial score (nSPS) is 11.1. The SMILES string of the molecule is CCCNC(=S)/N=C/c1c(O)c2ccccc2[nH]c1=O. The quantitative estimate of drug-likeness (QED) is 0.596. The topological polar surface area (TPSA) is 77.5 Å². The number of thiocarbonyl (C=S) groups is 1. The van der Waals surface area contributed by atoms with Gasteiger partial charge in [0.1, 0.15) is 11.3 Å². The second-order valence-electron chi connectivity index (χ2n) is 4.25. The molecule has 2 aromatic rings. The van der Waals surface area contributed by atoms with E-state index in [1.54, 1.807) is 24.3 Å². The van der Waals surface area contributed by atoms with Crippen LogP contribution in [0.2, 0.25) is 0 Å². The number of para-hydroxylation sites is 1. The Balaban J connectivity index is 2.37. The highest BCUT2D eigenvalue weighted by Crippen LogP contribution is 2.23. The molecule has 1 aromatic heterocycles. The van der Waals surface area contributed by atoms with Crippen molar-refractivity contribution in [3.05, 3.63) is 40.2 Å². The Morgan fingerprint density at radius 2 is 2.25 bits per heavy atom. The van der Waals surface area contributed by atoms with Crippen LogP contribution in [0.4, 0.5) is 0 Å². The van der Waals surface area contributed by atoms with Crippen molar-refractivity contribution in [3.8, 4) is 5.75 Å². The van der Waals surface area contributed by atoms with Crippen molar-refractivity contribution < 1.29 is 5.11 Å². The van der Waals surface area contributed by atoms with Crippen molar-refractivity contribution in [2.45, 2.75) is 13.3 Å². The van der Waals surface area contributed by atoms with Crippen LogP contribution in [0, 0.1) is 0 Å². The maximum atomic E-state index is 11.9. The van der Waals surface area contributed by atoms with Gasteiger partial charge in [0.15, 0.2) is 5.11 Å². The zero-order valence-corrected chi connectivity index (χ0v) is 11.8. The van der Waals surface area contributed by atoms with Gasteiger partial charge in [0.05, 0.1) is 5.52 Å². The minimum Gasteiger partial charge on any atom is -0.506 e. The molecule has 0 spiro atoms. The molecule has 0 fully saturated rings. The first-order chi connectivity index (χ1) is 9.63. The summed E-state index contributed by atoms with van der Waals surface area (Å²) in [6, 6.07) is 7.03. The van der Waals surface area contributed by atoms with Crippen LogP contribution in [0.15, 0.2) is 34.1 Å². The molecular weight excluding hydrogens is 274 g/mol. The Labute approximate surface area is 121 Å². The third kappa shape index (κ3) is 3.03. The lowest BCUT2D eigenvalue weighted by atomic mass is 10.1. The molecule has 0 atom stereocenters. The number of pyridine rings is 1.